The van der Waals surface area contributed by atoms with Crippen molar-refractivity contribution in [3.05, 3.63) is 44.7 Å². The number of halogens is 2. The number of nitrogens with two attached hydrogens (primary N) is 1. The first-order valence-corrected chi connectivity index (χ1v) is 6.29. The largest absolute Gasteiger partial charge is 0.324 e. The molecule has 0 fully saturated rings. The Morgan fingerprint density at radius 2 is 2.25 bits per heavy atom. The highest BCUT2D eigenvalue weighted by molar-refractivity contribution is 14.1. The summed E-state index contributed by atoms with van der Waals surface area (Å²) in [5.41, 5.74) is 7.69. The van der Waals surface area contributed by atoms with Crippen LogP contribution in [0.3, 0.4) is 0 Å². The molecule has 2 N–H and O–H groups in total. The average Bonchev–Trinajstić information content (AvgIpc) is 2.64. The molecule has 1 atom stereocenters. The van der Waals surface area contributed by atoms with Gasteiger partial charge in [-0.05, 0) is 47.2 Å². The second-order valence-corrected chi connectivity index (χ2v) is 5.25. The Bertz CT molecular complexity index is 508. The lowest BCUT2D eigenvalue weighted by atomic mass is 10.1. The van der Waals surface area contributed by atoms with E-state index < -0.39 is 0 Å². The monoisotopic (exact) mass is 347 g/mol. The van der Waals surface area contributed by atoms with Crippen molar-refractivity contribution in [1.82, 2.24) is 9.78 Å². The van der Waals surface area contributed by atoms with Gasteiger partial charge < -0.3 is 5.73 Å². The molecule has 0 aliphatic rings. The third kappa shape index (κ3) is 2.39. The second-order valence-electron chi connectivity index (χ2n) is 3.60. The minimum atomic E-state index is -0.0562. The Kier molecular flexibility index (Phi) is 3.51. The molecule has 16 heavy (non-hydrogen) atoms. The second kappa shape index (κ2) is 4.73. The van der Waals surface area contributed by atoms with Crippen LogP contribution >= 0.6 is 34.2 Å². The number of rotatable bonds is 2. The van der Waals surface area contributed by atoms with Crippen LogP contribution in [0.4, 0.5) is 0 Å². The van der Waals surface area contributed by atoms with Crippen molar-refractivity contribution in [2.75, 3.05) is 0 Å². The molecule has 0 radical (unpaired) electrons. The van der Waals surface area contributed by atoms with E-state index in [1.54, 1.807) is 10.9 Å². The van der Waals surface area contributed by atoms with Crippen LogP contribution in [-0.2, 0) is 0 Å². The van der Waals surface area contributed by atoms with Crippen LogP contribution in [0.25, 0.3) is 5.69 Å². The molecule has 1 aromatic carbocycles. The third-order valence-electron chi connectivity index (χ3n) is 2.29. The third-order valence-corrected chi connectivity index (χ3v) is 3.17. The quantitative estimate of drug-likeness (QED) is 0.848. The van der Waals surface area contributed by atoms with Gasteiger partial charge >= 0.3 is 0 Å². The summed E-state index contributed by atoms with van der Waals surface area (Å²) < 4.78 is 2.88. The Balaban J connectivity index is 2.42. The van der Waals surface area contributed by atoms with Gasteiger partial charge in [0.2, 0.25) is 0 Å². The molecular formula is C11H11ClIN3. The molecule has 2 rings (SSSR count). The summed E-state index contributed by atoms with van der Waals surface area (Å²) in [5.74, 6) is 0. The molecule has 1 aromatic heterocycles. The zero-order valence-corrected chi connectivity index (χ0v) is 11.6. The first-order chi connectivity index (χ1) is 7.58. The van der Waals surface area contributed by atoms with Crippen molar-refractivity contribution in [3.63, 3.8) is 0 Å². The fourth-order valence-corrected chi connectivity index (χ4v) is 2.21. The van der Waals surface area contributed by atoms with Gasteiger partial charge in [-0.3, -0.25) is 0 Å². The highest BCUT2D eigenvalue weighted by Crippen LogP contribution is 2.24. The van der Waals surface area contributed by atoms with E-state index in [2.05, 4.69) is 27.7 Å². The SMILES string of the molecule is CC(N)c1ccc(-n2cc(I)cn2)cc1Cl. The van der Waals surface area contributed by atoms with E-state index in [1.807, 2.05) is 31.3 Å². The maximum Gasteiger partial charge on any atom is 0.0661 e. The van der Waals surface area contributed by atoms with Gasteiger partial charge in [-0.2, -0.15) is 5.10 Å². The van der Waals surface area contributed by atoms with Gasteiger partial charge in [-0.1, -0.05) is 17.7 Å². The first-order valence-electron chi connectivity index (χ1n) is 4.83. The molecule has 0 spiro atoms. The van der Waals surface area contributed by atoms with Crippen molar-refractivity contribution in [3.8, 4) is 5.69 Å². The zero-order chi connectivity index (χ0) is 11.7. The maximum atomic E-state index is 6.16. The lowest BCUT2D eigenvalue weighted by Crippen LogP contribution is -2.06. The molecule has 0 bridgehead atoms. The molecule has 5 heteroatoms. The Morgan fingerprint density at radius 1 is 1.50 bits per heavy atom. The molecule has 0 aliphatic heterocycles. The molecule has 0 saturated heterocycles. The number of hydrogen-bond acceptors (Lipinski definition) is 2. The summed E-state index contributed by atoms with van der Waals surface area (Å²) in [6.45, 7) is 1.91. The van der Waals surface area contributed by atoms with Gasteiger partial charge in [0.1, 0.15) is 0 Å². The van der Waals surface area contributed by atoms with Crippen molar-refractivity contribution in [2.24, 2.45) is 5.73 Å². The summed E-state index contributed by atoms with van der Waals surface area (Å²) in [6, 6.07) is 5.73. The Labute approximate surface area is 113 Å². The predicted molar refractivity (Wildman–Crippen MR) is 73.9 cm³/mol. The molecule has 1 heterocycles. The molecule has 1 unspecified atom stereocenters. The highest BCUT2D eigenvalue weighted by Gasteiger charge is 2.07. The van der Waals surface area contributed by atoms with Crippen LogP contribution in [0.5, 0.6) is 0 Å². The van der Waals surface area contributed by atoms with Crippen molar-refractivity contribution in [1.29, 1.82) is 0 Å². The summed E-state index contributed by atoms with van der Waals surface area (Å²) in [7, 11) is 0. The van der Waals surface area contributed by atoms with Crippen LogP contribution in [-0.4, -0.2) is 9.78 Å². The summed E-state index contributed by atoms with van der Waals surface area (Å²) in [6.07, 6.45) is 3.74. The van der Waals surface area contributed by atoms with E-state index >= 15 is 0 Å². The van der Waals surface area contributed by atoms with Crippen LogP contribution in [0.1, 0.15) is 18.5 Å². The summed E-state index contributed by atoms with van der Waals surface area (Å²) in [5, 5.41) is 4.90. The molecule has 2 aromatic rings. The molecule has 0 saturated carbocycles. The molecule has 84 valence electrons. The van der Waals surface area contributed by atoms with Gasteiger partial charge in [-0.15, -0.1) is 0 Å². The van der Waals surface area contributed by atoms with E-state index in [9.17, 15) is 0 Å². The zero-order valence-electron chi connectivity index (χ0n) is 8.69. The van der Waals surface area contributed by atoms with Gasteiger partial charge in [0.25, 0.3) is 0 Å². The van der Waals surface area contributed by atoms with E-state index in [1.165, 1.54) is 0 Å². The normalized spacial score (nSPS) is 12.8. The summed E-state index contributed by atoms with van der Waals surface area (Å²) in [4.78, 5) is 0. The lowest BCUT2D eigenvalue weighted by Gasteiger charge is -2.09. The number of benzene rings is 1. The number of hydrogen-bond donors (Lipinski definition) is 1. The molecular weight excluding hydrogens is 336 g/mol. The van der Waals surface area contributed by atoms with Gasteiger partial charge in [-0.25, -0.2) is 4.68 Å². The predicted octanol–water partition coefficient (Wildman–Crippen LogP) is 3.15. The van der Waals surface area contributed by atoms with Gasteiger partial charge in [0.05, 0.1) is 15.5 Å². The maximum absolute atomic E-state index is 6.16. The van der Waals surface area contributed by atoms with Crippen molar-refractivity contribution < 1.29 is 0 Å². The minimum Gasteiger partial charge on any atom is -0.324 e. The van der Waals surface area contributed by atoms with Crippen molar-refractivity contribution >= 4 is 34.2 Å². The van der Waals surface area contributed by atoms with Crippen LogP contribution in [0, 0.1) is 3.57 Å². The van der Waals surface area contributed by atoms with Crippen LogP contribution < -0.4 is 5.73 Å². The summed E-state index contributed by atoms with van der Waals surface area (Å²) >= 11 is 8.38. The molecule has 0 aliphatic carbocycles. The lowest BCUT2D eigenvalue weighted by molar-refractivity contribution is 0.814. The topological polar surface area (TPSA) is 43.8 Å². The Morgan fingerprint density at radius 3 is 2.75 bits per heavy atom. The number of aromatic nitrogens is 2. The fraction of sp³-hybridized carbons (Fsp3) is 0.182. The first kappa shape index (κ1) is 11.9. The Hall–Kier alpha value is -0.590. The molecule has 0 amide bonds. The average molecular weight is 348 g/mol. The standard InChI is InChI=1S/C11H11ClIN3/c1-7(14)10-3-2-9(4-11(10)12)16-6-8(13)5-15-16/h2-7H,14H2,1H3. The highest BCUT2D eigenvalue weighted by atomic mass is 127. The molecule has 3 nitrogen and oxygen atoms in total. The number of nitrogens with zero attached hydrogens (tertiary/aromatic N) is 2. The van der Waals surface area contributed by atoms with E-state index in [4.69, 9.17) is 17.3 Å². The minimum absolute atomic E-state index is 0.0562. The van der Waals surface area contributed by atoms with E-state index in [0.29, 0.717) is 5.02 Å². The fourth-order valence-electron chi connectivity index (χ4n) is 1.47. The van der Waals surface area contributed by atoms with Gasteiger partial charge in [0.15, 0.2) is 0 Å². The van der Waals surface area contributed by atoms with E-state index in [-0.39, 0.29) is 6.04 Å². The van der Waals surface area contributed by atoms with Gasteiger partial charge in [0, 0.05) is 17.3 Å². The van der Waals surface area contributed by atoms with E-state index in [0.717, 1.165) is 14.8 Å². The van der Waals surface area contributed by atoms with Crippen LogP contribution in [0.2, 0.25) is 5.02 Å². The van der Waals surface area contributed by atoms with Crippen LogP contribution in [0.15, 0.2) is 30.6 Å². The van der Waals surface area contributed by atoms with Crippen molar-refractivity contribution in [2.45, 2.75) is 13.0 Å². The smallest absolute Gasteiger partial charge is 0.0661 e.